The van der Waals surface area contributed by atoms with Crippen molar-refractivity contribution >= 4 is 5.69 Å². The Labute approximate surface area is 84.7 Å². The highest BCUT2D eigenvalue weighted by molar-refractivity contribution is 5.45. The Hall–Kier alpha value is -1.09. The molecule has 1 atom stereocenters. The van der Waals surface area contributed by atoms with Crippen molar-refractivity contribution in [2.45, 2.75) is 13.0 Å². The third-order valence-electron chi connectivity index (χ3n) is 2.31. The molecule has 0 amide bonds. The Morgan fingerprint density at radius 3 is 2.43 bits per heavy atom. The van der Waals surface area contributed by atoms with Crippen LogP contribution in [0, 0.1) is 5.82 Å². The van der Waals surface area contributed by atoms with E-state index in [2.05, 4.69) is 17.1 Å². The topological polar surface area (TPSA) is 15.3 Å². The molecular weight excluding hydrogens is 179 g/mol. The molecule has 0 spiro atoms. The molecule has 1 aromatic carbocycles. The van der Waals surface area contributed by atoms with Crippen LogP contribution in [0.2, 0.25) is 0 Å². The lowest BCUT2D eigenvalue weighted by molar-refractivity contribution is 0.603. The maximum Gasteiger partial charge on any atom is 0.123 e. The molecule has 2 nitrogen and oxygen atoms in total. The van der Waals surface area contributed by atoms with Gasteiger partial charge in [0.1, 0.15) is 5.82 Å². The smallest absolute Gasteiger partial charge is 0.123 e. The molecule has 3 heteroatoms. The fourth-order valence-corrected chi connectivity index (χ4v) is 1.30. The second-order valence-corrected chi connectivity index (χ2v) is 3.55. The van der Waals surface area contributed by atoms with Crippen molar-refractivity contribution in [2.75, 3.05) is 25.5 Å². The number of benzene rings is 1. The number of anilines is 1. The van der Waals surface area contributed by atoms with Gasteiger partial charge in [-0.25, -0.2) is 4.39 Å². The van der Waals surface area contributed by atoms with Crippen molar-refractivity contribution in [2.24, 2.45) is 0 Å². The lowest BCUT2D eigenvalue weighted by Gasteiger charge is -2.23. The predicted molar refractivity (Wildman–Crippen MR) is 58.2 cm³/mol. The molecule has 1 rings (SSSR count). The summed E-state index contributed by atoms with van der Waals surface area (Å²) in [5, 5.41) is 3.16. The molecule has 78 valence electrons. The number of rotatable bonds is 4. The highest BCUT2D eigenvalue weighted by atomic mass is 19.1. The summed E-state index contributed by atoms with van der Waals surface area (Å²) in [6.45, 7) is 3.02. The zero-order chi connectivity index (χ0) is 10.6. The Bertz CT molecular complexity index is 271. The summed E-state index contributed by atoms with van der Waals surface area (Å²) in [6, 6.07) is 6.96. The van der Waals surface area contributed by atoms with Crippen LogP contribution in [-0.2, 0) is 0 Å². The number of hydrogen-bond acceptors (Lipinski definition) is 2. The first-order valence-electron chi connectivity index (χ1n) is 4.77. The Balaban J connectivity index is 2.60. The molecule has 0 radical (unpaired) electrons. The van der Waals surface area contributed by atoms with E-state index < -0.39 is 0 Å². The fourth-order valence-electron chi connectivity index (χ4n) is 1.30. The van der Waals surface area contributed by atoms with E-state index in [1.54, 1.807) is 12.1 Å². The molecule has 0 heterocycles. The van der Waals surface area contributed by atoms with E-state index in [1.807, 2.05) is 14.1 Å². The lowest BCUT2D eigenvalue weighted by atomic mass is 10.2. The van der Waals surface area contributed by atoms with Crippen LogP contribution in [0.5, 0.6) is 0 Å². The van der Waals surface area contributed by atoms with Crippen LogP contribution in [0.15, 0.2) is 24.3 Å². The summed E-state index contributed by atoms with van der Waals surface area (Å²) < 4.78 is 12.6. The molecule has 1 unspecified atom stereocenters. The molecule has 0 aliphatic rings. The maximum absolute atomic E-state index is 12.6. The van der Waals surface area contributed by atoms with E-state index in [1.165, 1.54) is 12.1 Å². The van der Waals surface area contributed by atoms with Crippen molar-refractivity contribution < 1.29 is 4.39 Å². The first-order chi connectivity index (χ1) is 6.63. The minimum atomic E-state index is -0.191. The Morgan fingerprint density at radius 2 is 1.93 bits per heavy atom. The van der Waals surface area contributed by atoms with Gasteiger partial charge in [-0.05, 0) is 38.2 Å². The van der Waals surface area contributed by atoms with E-state index in [9.17, 15) is 4.39 Å². The second-order valence-electron chi connectivity index (χ2n) is 3.55. The number of halogens is 1. The van der Waals surface area contributed by atoms with Crippen molar-refractivity contribution in [3.63, 3.8) is 0 Å². The lowest BCUT2D eigenvalue weighted by Crippen LogP contribution is -2.35. The summed E-state index contributed by atoms with van der Waals surface area (Å²) in [4.78, 5) is 2.10. The standard InChI is InChI=1S/C11H17FN2/c1-9(13-2)8-14(3)11-6-4-10(12)5-7-11/h4-7,9,13H,8H2,1-3H3. The number of nitrogens with one attached hydrogen (secondary N) is 1. The SMILES string of the molecule is CNC(C)CN(C)c1ccc(F)cc1. The van der Waals surface area contributed by atoms with Crippen molar-refractivity contribution in [1.82, 2.24) is 5.32 Å². The van der Waals surface area contributed by atoms with Gasteiger partial charge in [0, 0.05) is 25.3 Å². The fraction of sp³-hybridized carbons (Fsp3) is 0.455. The van der Waals surface area contributed by atoms with Crippen molar-refractivity contribution in [3.8, 4) is 0 Å². The van der Waals surface area contributed by atoms with Gasteiger partial charge >= 0.3 is 0 Å². The molecule has 14 heavy (non-hydrogen) atoms. The largest absolute Gasteiger partial charge is 0.373 e. The molecule has 0 aliphatic carbocycles. The summed E-state index contributed by atoms with van der Waals surface area (Å²) in [7, 11) is 3.93. The maximum atomic E-state index is 12.6. The third kappa shape index (κ3) is 3.00. The van der Waals surface area contributed by atoms with Gasteiger partial charge in [-0.3, -0.25) is 0 Å². The summed E-state index contributed by atoms with van der Waals surface area (Å²) in [5.74, 6) is -0.191. The van der Waals surface area contributed by atoms with Gasteiger partial charge in [0.05, 0.1) is 0 Å². The minimum absolute atomic E-state index is 0.191. The Kier molecular flexibility index (Phi) is 3.89. The summed E-state index contributed by atoms with van der Waals surface area (Å²) in [5.41, 5.74) is 1.04. The van der Waals surface area contributed by atoms with Crippen LogP contribution >= 0.6 is 0 Å². The van der Waals surface area contributed by atoms with Gasteiger partial charge in [0.2, 0.25) is 0 Å². The molecule has 1 aromatic rings. The number of likely N-dealkylation sites (N-methyl/N-ethyl adjacent to an activating group) is 2. The molecule has 0 aliphatic heterocycles. The zero-order valence-corrected chi connectivity index (χ0v) is 8.92. The molecule has 0 fully saturated rings. The molecular formula is C11H17FN2. The van der Waals surface area contributed by atoms with Gasteiger partial charge in [-0.1, -0.05) is 0 Å². The number of hydrogen-bond donors (Lipinski definition) is 1. The summed E-state index contributed by atoms with van der Waals surface area (Å²) >= 11 is 0. The minimum Gasteiger partial charge on any atom is -0.373 e. The molecule has 0 saturated heterocycles. The van der Waals surface area contributed by atoms with Crippen LogP contribution in [0.3, 0.4) is 0 Å². The Morgan fingerprint density at radius 1 is 1.36 bits per heavy atom. The van der Waals surface area contributed by atoms with E-state index in [-0.39, 0.29) is 5.82 Å². The van der Waals surface area contributed by atoms with Crippen LogP contribution < -0.4 is 10.2 Å². The van der Waals surface area contributed by atoms with Crippen LogP contribution in [0.1, 0.15) is 6.92 Å². The highest BCUT2D eigenvalue weighted by Crippen LogP contribution is 2.12. The molecule has 0 bridgehead atoms. The molecule has 0 saturated carbocycles. The quantitative estimate of drug-likeness (QED) is 0.791. The number of nitrogens with zero attached hydrogens (tertiary/aromatic N) is 1. The van der Waals surface area contributed by atoms with E-state index in [0.717, 1.165) is 12.2 Å². The van der Waals surface area contributed by atoms with Gasteiger partial charge < -0.3 is 10.2 Å². The predicted octanol–water partition coefficient (Wildman–Crippen LogP) is 1.87. The van der Waals surface area contributed by atoms with Crippen molar-refractivity contribution in [3.05, 3.63) is 30.1 Å². The molecule has 0 aromatic heterocycles. The zero-order valence-electron chi connectivity index (χ0n) is 8.92. The molecule has 1 N–H and O–H groups in total. The average Bonchev–Trinajstić information content (AvgIpc) is 2.18. The highest BCUT2D eigenvalue weighted by Gasteiger charge is 2.04. The van der Waals surface area contributed by atoms with E-state index >= 15 is 0 Å². The average molecular weight is 196 g/mol. The van der Waals surface area contributed by atoms with Crippen molar-refractivity contribution in [1.29, 1.82) is 0 Å². The van der Waals surface area contributed by atoms with E-state index in [4.69, 9.17) is 0 Å². The van der Waals surface area contributed by atoms with Gasteiger partial charge in [-0.2, -0.15) is 0 Å². The first kappa shape index (κ1) is 11.0. The normalized spacial score (nSPS) is 12.6. The van der Waals surface area contributed by atoms with Gasteiger partial charge in [-0.15, -0.1) is 0 Å². The van der Waals surface area contributed by atoms with Gasteiger partial charge in [0.15, 0.2) is 0 Å². The van der Waals surface area contributed by atoms with Crippen LogP contribution in [-0.4, -0.2) is 26.7 Å². The second kappa shape index (κ2) is 4.96. The summed E-state index contributed by atoms with van der Waals surface area (Å²) in [6.07, 6.45) is 0. The van der Waals surface area contributed by atoms with Gasteiger partial charge in [0.25, 0.3) is 0 Å². The third-order valence-corrected chi connectivity index (χ3v) is 2.31. The van der Waals surface area contributed by atoms with Crippen LogP contribution in [0.4, 0.5) is 10.1 Å². The van der Waals surface area contributed by atoms with E-state index in [0.29, 0.717) is 6.04 Å². The van der Waals surface area contributed by atoms with Crippen LogP contribution in [0.25, 0.3) is 0 Å². The monoisotopic (exact) mass is 196 g/mol. The first-order valence-corrected chi connectivity index (χ1v) is 4.77.